The lowest BCUT2D eigenvalue weighted by molar-refractivity contribution is -0.157. The minimum absolute atomic E-state index is 0.0141. The fourth-order valence-corrected chi connectivity index (χ4v) is 2.57. The lowest BCUT2D eigenvalue weighted by Gasteiger charge is -2.35. The summed E-state index contributed by atoms with van der Waals surface area (Å²) < 4.78 is 5.11. The van der Waals surface area contributed by atoms with Gasteiger partial charge in [-0.3, -0.25) is 9.69 Å². The molecule has 1 fully saturated rings. The van der Waals surface area contributed by atoms with Crippen LogP contribution in [0.2, 0.25) is 0 Å². The monoisotopic (exact) mass is 307 g/mol. The molecule has 1 heterocycles. The van der Waals surface area contributed by atoms with Crippen molar-refractivity contribution in [2.24, 2.45) is 5.92 Å². The third-order valence-electron chi connectivity index (χ3n) is 3.64. The molecule has 1 amide bonds. The molecule has 0 aromatic heterocycles. The average Bonchev–Trinajstić information content (AvgIpc) is 2.52. The van der Waals surface area contributed by atoms with E-state index < -0.39 is 30.0 Å². The summed E-state index contributed by atoms with van der Waals surface area (Å²) >= 11 is 0. The highest BCUT2D eigenvalue weighted by Gasteiger charge is 2.43. The van der Waals surface area contributed by atoms with E-state index in [9.17, 15) is 19.5 Å². The van der Waals surface area contributed by atoms with Crippen LogP contribution in [0.25, 0.3) is 0 Å². The van der Waals surface area contributed by atoms with Gasteiger partial charge in [0.2, 0.25) is 0 Å². The number of piperidine rings is 1. The maximum atomic E-state index is 12.1. The highest BCUT2D eigenvalue weighted by atomic mass is 16.6. The lowest BCUT2D eigenvalue weighted by atomic mass is 9.89. The van der Waals surface area contributed by atoms with Crippen LogP contribution in [-0.4, -0.2) is 45.7 Å². The standard InChI is InChI=1S/C15H17NO6/c17-13(18)11-7-4-8-16(12(11)14(19)20)15(21)22-9-10-5-2-1-3-6-10/h1-3,5-6,11-12H,4,7-9H2,(H,17,18)(H,19,20)/t11-,12+/m0/s1. The van der Waals surface area contributed by atoms with Gasteiger partial charge in [-0.25, -0.2) is 9.59 Å². The van der Waals surface area contributed by atoms with Crippen molar-refractivity contribution in [3.05, 3.63) is 35.9 Å². The zero-order valence-electron chi connectivity index (χ0n) is 11.8. The maximum Gasteiger partial charge on any atom is 0.410 e. The third kappa shape index (κ3) is 3.55. The Hall–Kier alpha value is -2.57. The van der Waals surface area contributed by atoms with Gasteiger partial charge in [0.05, 0.1) is 5.92 Å². The molecule has 0 spiro atoms. The summed E-state index contributed by atoms with van der Waals surface area (Å²) in [5.74, 6) is -3.66. The smallest absolute Gasteiger partial charge is 0.410 e. The van der Waals surface area contributed by atoms with Crippen molar-refractivity contribution in [3.63, 3.8) is 0 Å². The molecule has 1 aromatic carbocycles. The van der Waals surface area contributed by atoms with Crippen molar-refractivity contribution >= 4 is 18.0 Å². The summed E-state index contributed by atoms with van der Waals surface area (Å²) in [5, 5.41) is 18.4. The molecule has 2 atom stereocenters. The van der Waals surface area contributed by atoms with Crippen LogP contribution in [-0.2, 0) is 20.9 Å². The first-order valence-electron chi connectivity index (χ1n) is 6.93. The molecule has 0 unspecified atom stereocenters. The van der Waals surface area contributed by atoms with Gasteiger partial charge in [0.15, 0.2) is 0 Å². The minimum atomic E-state index is -1.39. The number of nitrogens with zero attached hydrogens (tertiary/aromatic N) is 1. The first kappa shape index (κ1) is 15.8. The average molecular weight is 307 g/mol. The van der Waals surface area contributed by atoms with Gasteiger partial charge >= 0.3 is 18.0 Å². The molecule has 2 N–H and O–H groups in total. The van der Waals surface area contributed by atoms with E-state index in [-0.39, 0.29) is 19.6 Å². The quantitative estimate of drug-likeness (QED) is 0.875. The van der Waals surface area contributed by atoms with Gasteiger partial charge in [-0.05, 0) is 18.4 Å². The van der Waals surface area contributed by atoms with Crippen molar-refractivity contribution in [1.29, 1.82) is 0 Å². The van der Waals surface area contributed by atoms with Gasteiger partial charge in [0, 0.05) is 6.54 Å². The summed E-state index contributed by atoms with van der Waals surface area (Å²) in [7, 11) is 0. The first-order chi connectivity index (χ1) is 10.5. The third-order valence-corrected chi connectivity index (χ3v) is 3.64. The van der Waals surface area contributed by atoms with Gasteiger partial charge in [-0.1, -0.05) is 30.3 Å². The Kier molecular flexibility index (Phi) is 4.98. The molecule has 1 saturated heterocycles. The van der Waals surface area contributed by atoms with Crippen LogP contribution in [0, 0.1) is 5.92 Å². The summed E-state index contributed by atoms with van der Waals surface area (Å²) in [6.07, 6.45) is -0.141. The predicted molar refractivity (Wildman–Crippen MR) is 75.1 cm³/mol. The summed E-state index contributed by atoms with van der Waals surface area (Å²) in [6.45, 7) is 0.189. The van der Waals surface area contributed by atoms with E-state index in [0.29, 0.717) is 6.42 Å². The van der Waals surface area contributed by atoms with Gasteiger partial charge in [0.1, 0.15) is 12.6 Å². The van der Waals surface area contributed by atoms with Crippen LogP contribution in [0.4, 0.5) is 4.79 Å². The van der Waals surface area contributed by atoms with Crippen LogP contribution in [0.15, 0.2) is 30.3 Å². The van der Waals surface area contributed by atoms with Crippen LogP contribution >= 0.6 is 0 Å². The number of benzene rings is 1. The number of amides is 1. The SMILES string of the molecule is O=C(O)[C@H]1CCCN(C(=O)OCc2ccccc2)[C@H]1C(=O)O. The maximum absolute atomic E-state index is 12.1. The number of carboxylic acid groups (broad SMARTS) is 2. The summed E-state index contributed by atoms with van der Waals surface area (Å²) in [6, 6.07) is 7.58. The number of ether oxygens (including phenoxy) is 1. The molecule has 0 radical (unpaired) electrons. The van der Waals surface area contributed by atoms with E-state index in [4.69, 9.17) is 9.84 Å². The second-order valence-corrected chi connectivity index (χ2v) is 5.10. The van der Waals surface area contributed by atoms with E-state index in [1.165, 1.54) is 0 Å². The van der Waals surface area contributed by atoms with Crippen LogP contribution in [0.3, 0.4) is 0 Å². The molecule has 1 aliphatic rings. The number of rotatable bonds is 4. The van der Waals surface area contributed by atoms with Gasteiger partial charge in [0.25, 0.3) is 0 Å². The highest BCUT2D eigenvalue weighted by molar-refractivity contribution is 5.86. The van der Waals surface area contributed by atoms with Crippen LogP contribution in [0.5, 0.6) is 0 Å². The fraction of sp³-hybridized carbons (Fsp3) is 0.400. The van der Waals surface area contributed by atoms with Crippen molar-refractivity contribution in [3.8, 4) is 0 Å². The number of carbonyl (C=O) groups is 3. The molecule has 2 rings (SSSR count). The molecular weight excluding hydrogens is 290 g/mol. The van der Waals surface area contributed by atoms with Gasteiger partial charge in [-0.15, -0.1) is 0 Å². The van der Waals surface area contributed by atoms with Crippen molar-refractivity contribution < 1.29 is 29.3 Å². The molecule has 0 aliphatic carbocycles. The largest absolute Gasteiger partial charge is 0.481 e. The molecule has 7 nitrogen and oxygen atoms in total. The second-order valence-electron chi connectivity index (χ2n) is 5.10. The Morgan fingerprint density at radius 2 is 1.82 bits per heavy atom. The molecule has 0 saturated carbocycles. The molecule has 0 bridgehead atoms. The first-order valence-corrected chi connectivity index (χ1v) is 6.93. The lowest BCUT2D eigenvalue weighted by Crippen LogP contribution is -2.54. The van der Waals surface area contributed by atoms with Crippen molar-refractivity contribution in [2.45, 2.75) is 25.5 Å². The van der Waals surface area contributed by atoms with E-state index in [1.807, 2.05) is 6.07 Å². The Balaban J connectivity index is 2.06. The second kappa shape index (κ2) is 6.93. The Bertz CT molecular complexity index is 558. The molecule has 7 heteroatoms. The van der Waals surface area contributed by atoms with Crippen LogP contribution in [0.1, 0.15) is 18.4 Å². The number of aliphatic carboxylic acids is 2. The van der Waals surface area contributed by atoms with Gasteiger partial charge in [-0.2, -0.15) is 0 Å². The summed E-state index contributed by atoms with van der Waals surface area (Å²) in [4.78, 5) is 35.6. The van der Waals surface area contributed by atoms with Crippen LogP contribution < -0.4 is 0 Å². The Morgan fingerprint density at radius 3 is 2.41 bits per heavy atom. The number of carbonyl (C=O) groups excluding carboxylic acids is 1. The number of hydrogen-bond acceptors (Lipinski definition) is 4. The number of carboxylic acids is 2. The summed E-state index contributed by atoms with van der Waals surface area (Å²) in [5.41, 5.74) is 0.773. The molecule has 1 aromatic rings. The minimum Gasteiger partial charge on any atom is -0.481 e. The molecule has 118 valence electrons. The topological polar surface area (TPSA) is 104 Å². The van der Waals surface area contributed by atoms with Crippen molar-refractivity contribution in [2.75, 3.05) is 6.54 Å². The predicted octanol–water partition coefficient (Wildman–Crippen LogP) is 1.57. The Labute approximate surface area is 127 Å². The van der Waals surface area contributed by atoms with Gasteiger partial charge < -0.3 is 14.9 Å². The van der Waals surface area contributed by atoms with Crippen molar-refractivity contribution in [1.82, 2.24) is 4.90 Å². The molecular formula is C15H17NO6. The fourth-order valence-electron chi connectivity index (χ4n) is 2.57. The molecule has 22 heavy (non-hydrogen) atoms. The van der Waals surface area contributed by atoms with E-state index in [2.05, 4.69) is 0 Å². The Morgan fingerprint density at radius 1 is 1.14 bits per heavy atom. The zero-order chi connectivity index (χ0) is 16.1. The van der Waals surface area contributed by atoms with E-state index in [1.54, 1.807) is 24.3 Å². The number of hydrogen-bond donors (Lipinski definition) is 2. The zero-order valence-corrected chi connectivity index (χ0v) is 11.8. The van der Waals surface area contributed by atoms with E-state index >= 15 is 0 Å². The molecule has 1 aliphatic heterocycles. The van der Waals surface area contributed by atoms with E-state index in [0.717, 1.165) is 10.5 Å². The number of likely N-dealkylation sites (tertiary alicyclic amines) is 1. The highest BCUT2D eigenvalue weighted by Crippen LogP contribution is 2.25. The normalized spacial score (nSPS) is 21.2.